The molecule has 0 radical (unpaired) electrons. The normalized spacial score (nSPS) is 12.8. The topological polar surface area (TPSA) is 115 Å². The molecule has 2 aromatic carbocycles. The largest absolute Gasteiger partial charge is 0.316 e. The predicted molar refractivity (Wildman–Crippen MR) is 142 cm³/mol. The van der Waals surface area contributed by atoms with Crippen molar-refractivity contribution < 1.29 is 18.1 Å². The number of hydrogen-bond acceptors (Lipinski definition) is 6. The van der Waals surface area contributed by atoms with Gasteiger partial charge >= 0.3 is 0 Å². The van der Waals surface area contributed by atoms with Crippen molar-refractivity contribution in [2.75, 3.05) is 13.1 Å². The van der Waals surface area contributed by atoms with E-state index in [1.807, 2.05) is 39.2 Å². The van der Waals surface area contributed by atoms with Crippen LogP contribution in [0.1, 0.15) is 51.4 Å². The number of nitro groups is 1. The molecule has 0 aliphatic heterocycles. The second kappa shape index (κ2) is 11.4. The fraction of sp³-hybridized carbons (Fsp3) is 0.440. The zero-order valence-electron chi connectivity index (χ0n) is 21.2. The van der Waals surface area contributed by atoms with E-state index in [0.29, 0.717) is 29.1 Å². The zero-order chi connectivity index (χ0) is 26.6. The summed E-state index contributed by atoms with van der Waals surface area (Å²) < 4.78 is 30.5. The second-order valence-corrected chi connectivity index (χ2v) is 12.4. The first-order chi connectivity index (χ1) is 16.9. The maximum absolute atomic E-state index is 13.2. The number of aryl methyl sites for hydroxylation is 1. The van der Waals surface area contributed by atoms with E-state index in [1.165, 1.54) is 52.0 Å². The van der Waals surface area contributed by atoms with Crippen molar-refractivity contribution in [3.05, 3.63) is 62.9 Å². The van der Waals surface area contributed by atoms with Gasteiger partial charge in [-0.05, 0) is 48.6 Å². The molecule has 1 heterocycles. The Morgan fingerprint density at radius 2 is 1.69 bits per heavy atom. The molecule has 11 heteroatoms. The van der Waals surface area contributed by atoms with E-state index < -0.39 is 20.9 Å². The van der Waals surface area contributed by atoms with Gasteiger partial charge in [0.15, 0.2) is 4.80 Å². The van der Waals surface area contributed by atoms with E-state index in [9.17, 15) is 23.3 Å². The molecule has 0 unspecified atom stereocenters. The third-order valence-electron chi connectivity index (χ3n) is 5.40. The number of non-ortho nitro benzene ring substituents is 1. The Labute approximate surface area is 215 Å². The van der Waals surface area contributed by atoms with Crippen LogP contribution in [0.5, 0.6) is 0 Å². The van der Waals surface area contributed by atoms with Gasteiger partial charge in [0.05, 0.1) is 20.0 Å². The van der Waals surface area contributed by atoms with E-state index in [0.717, 1.165) is 11.9 Å². The number of rotatable bonds is 10. The van der Waals surface area contributed by atoms with E-state index in [2.05, 4.69) is 4.99 Å². The molecule has 3 rings (SSSR count). The average molecular weight is 533 g/mol. The predicted octanol–water partition coefficient (Wildman–Crippen LogP) is 5.06. The van der Waals surface area contributed by atoms with Gasteiger partial charge in [-0.3, -0.25) is 14.9 Å². The Bertz CT molecular complexity index is 1410. The quantitative estimate of drug-likeness (QED) is 0.267. The molecule has 0 spiro atoms. The first-order valence-corrected chi connectivity index (χ1v) is 14.2. The van der Waals surface area contributed by atoms with Crippen molar-refractivity contribution in [1.82, 2.24) is 8.87 Å². The number of fused-ring (bicyclic) bond motifs is 1. The van der Waals surface area contributed by atoms with Gasteiger partial charge in [0, 0.05) is 37.3 Å². The van der Waals surface area contributed by atoms with Crippen LogP contribution in [0, 0.1) is 22.0 Å². The maximum atomic E-state index is 13.2. The highest BCUT2D eigenvalue weighted by atomic mass is 32.2. The first kappa shape index (κ1) is 27.7. The molecule has 0 atom stereocenters. The molecule has 0 bridgehead atoms. The van der Waals surface area contributed by atoms with Gasteiger partial charge in [0.25, 0.3) is 11.6 Å². The summed E-state index contributed by atoms with van der Waals surface area (Å²) in [5, 5.41) is 11.1. The summed E-state index contributed by atoms with van der Waals surface area (Å²) in [7, 11) is -3.70. The number of amides is 1. The van der Waals surface area contributed by atoms with E-state index in [4.69, 9.17) is 0 Å². The summed E-state index contributed by atoms with van der Waals surface area (Å²) in [6.07, 6.45) is 0.792. The fourth-order valence-electron chi connectivity index (χ4n) is 3.86. The van der Waals surface area contributed by atoms with Crippen LogP contribution < -0.4 is 4.80 Å². The number of nitro benzene ring substituents is 1. The highest BCUT2D eigenvalue weighted by molar-refractivity contribution is 7.89. The zero-order valence-corrected chi connectivity index (χ0v) is 22.8. The van der Waals surface area contributed by atoms with E-state index in [1.54, 1.807) is 6.07 Å². The van der Waals surface area contributed by atoms with Crippen molar-refractivity contribution >= 4 is 43.2 Å². The summed E-state index contributed by atoms with van der Waals surface area (Å²) in [5.74, 6) is -0.155. The van der Waals surface area contributed by atoms with Crippen LogP contribution in [0.4, 0.5) is 5.69 Å². The first-order valence-electron chi connectivity index (χ1n) is 11.9. The van der Waals surface area contributed by atoms with Crippen molar-refractivity contribution in [1.29, 1.82) is 0 Å². The van der Waals surface area contributed by atoms with Crippen molar-refractivity contribution in [3.63, 3.8) is 0 Å². The van der Waals surface area contributed by atoms with Gasteiger partial charge in [-0.1, -0.05) is 46.0 Å². The highest BCUT2D eigenvalue weighted by Crippen LogP contribution is 2.24. The van der Waals surface area contributed by atoms with Gasteiger partial charge in [-0.2, -0.15) is 9.30 Å². The Morgan fingerprint density at radius 3 is 2.22 bits per heavy atom. The van der Waals surface area contributed by atoms with Gasteiger partial charge in [-0.25, -0.2) is 8.42 Å². The van der Waals surface area contributed by atoms with E-state index >= 15 is 0 Å². The van der Waals surface area contributed by atoms with Crippen LogP contribution in [0.3, 0.4) is 0 Å². The van der Waals surface area contributed by atoms with Crippen molar-refractivity contribution in [3.8, 4) is 0 Å². The maximum Gasteiger partial charge on any atom is 0.279 e. The number of hydrogen-bond donors (Lipinski definition) is 0. The summed E-state index contributed by atoms with van der Waals surface area (Å²) in [5.41, 5.74) is 1.02. The summed E-state index contributed by atoms with van der Waals surface area (Å²) in [6, 6.07) is 10.4. The summed E-state index contributed by atoms with van der Waals surface area (Å²) in [4.78, 5) is 28.5. The highest BCUT2D eigenvalue weighted by Gasteiger charge is 2.26. The number of sulfonamides is 1. The standard InChI is InChI=1S/C25H32N4O5S2/c1-6-13-28-22-12-9-20(29(31)32)14-23(22)35-25(28)26-24(30)19-7-10-21(11-8-19)36(33,34)27(15-17(2)3)16-18(4)5/h7-12,14,17-18H,6,13,15-16H2,1-5H3. The summed E-state index contributed by atoms with van der Waals surface area (Å²) >= 11 is 1.21. The third-order valence-corrected chi connectivity index (χ3v) is 8.29. The van der Waals surface area contributed by atoms with Crippen molar-refractivity contribution in [2.24, 2.45) is 16.8 Å². The molecular formula is C25H32N4O5S2. The molecule has 0 saturated heterocycles. The van der Waals surface area contributed by atoms with Crippen molar-refractivity contribution in [2.45, 2.75) is 52.5 Å². The number of carbonyl (C=O) groups excluding carboxylic acids is 1. The van der Waals surface area contributed by atoms with Crippen LogP contribution in [-0.4, -0.2) is 41.2 Å². The van der Waals surface area contributed by atoms with Gasteiger partial charge in [-0.15, -0.1) is 0 Å². The number of nitrogens with zero attached hydrogens (tertiary/aromatic N) is 4. The molecule has 3 aromatic rings. The van der Waals surface area contributed by atoms with Crippen LogP contribution in [0.2, 0.25) is 0 Å². The fourth-order valence-corrected chi connectivity index (χ4v) is 6.71. The lowest BCUT2D eigenvalue weighted by atomic mass is 10.2. The molecule has 194 valence electrons. The number of benzene rings is 2. The van der Waals surface area contributed by atoms with Crippen LogP contribution in [0.25, 0.3) is 10.2 Å². The van der Waals surface area contributed by atoms with E-state index in [-0.39, 0.29) is 28.0 Å². The van der Waals surface area contributed by atoms with Gasteiger partial charge < -0.3 is 4.57 Å². The van der Waals surface area contributed by atoms with Crippen LogP contribution in [0.15, 0.2) is 52.4 Å². The smallest absolute Gasteiger partial charge is 0.279 e. The molecule has 0 aliphatic carbocycles. The Kier molecular flexibility index (Phi) is 8.80. The molecule has 1 amide bonds. The number of aromatic nitrogens is 1. The molecule has 0 fully saturated rings. The molecule has 9 nitrogen and oxygen atoms in total. The Morgan fingerprint density at radius 1 is 1.08 bits per heavy atom. The number of thiazole rings is 1. The molecule has 0 aliphatic rings. The van der Waals surface area contributed by atoms with Gasteiger partial charge in [0.2, 0.25) is 10.0 Å². The summed E-state index contributed by atoms with van der Waals surface area (Å²) in [6.45, 7) is 11.3. The monoisotopic (exact) mass is 532 g/mol. The minimum absolute atomic E-state index is 0.0222. The minimum atomic E-state index is -3.70. The molecule has 1 aromatic heterocycles. The van der Waals surface area contributed by atoms with Crippen LogP contribution in [-0.2, 0) is 16.6 Å². The lowest BCUT2D eigenvalue weighted by Crippen LogP contribution is -2.37. The van der Waals surface area contributed by atoms with Crippen LogP contribution >= 0.6 is 11.3 Å². The lowest BCUT2D eigenvalue weighted by molar-refractivity contribution is -0.384. The van der Waals surface area contributed by atoms with Gasteiger partial charge in [0.1, 0.15) is 0 Å². The SMILES string of the molecule is CCCn1c(=NC(=O)c2ccc(S(=O)(=O)N(CC(C)C)CC(C)C)cc2)sc2cc([N+](=O)[O-])ccc21. The average Bonchev–Trinajstić information content (AvgIpc) is 3.14. The molecule has 0 N–H and O–H groups in total. The Hall–Kier alpha value is -2.89. The minimum Gasteiger partial charge on any atom is -0.316 e. The second-order valence-electron chi connectivity index (χ2n) is 9.50. The molecule has 36 heavy (non-hydrogen) atoms. The Balaban J connectivity index is 1.96. The molecule has 0 saturated carbocycles. The lowest BCUT2D eigenvalue weighted by Gasteiger charge is -2.25. The molecular weight excluding hydrogens is 500 g/mol. The number of carbonyl (C=O) groups is 1. The third kappa shape index (κ3) is 6.26.